The van der Waals surface area contributed by atoms with Crippen LogP contribution in [0, 0.1) is 17.8 Å². The first-order chi connectivity index (χ1) is 15.4. The van der Waals surface area contributed by atoms with Crippen molar-refractivity contribution in [1.82, 2.24) is 24.4 Å². The Morgan fingerprint density at radius 3 is 2.36 bits per heavy atom. The van der Waals surface area contributed by atoms with Crippen molar-refractivity contribution in [2.75, 3.05) is 0 Å². The molecule has 1 N–H and O–H groups in total. The standard InChI is InChI=1S/C24H35N5O3S/c1-12(16-11-14-8-9-15(16)10-14)25-19(30)13(2)33-20-17-18(26-22(27-20)24(3,4)5)28(6)23(32)29(7)21(17)31/h12-16H,8-11H2,1-7H3,(H,25,30)/t12-,13-,14-,15-,16+/m0/s1. The van der Waals surface area contributed by atoms with Crippen LogP contribution < -0.4 is 16.6 Å². The quantitative estimate of drug-likeness (QED) is 0.530. The van der Waals surface area contributed by atoms with Gasteiger partial charge < -0.3 is 5.32 Å². The minimum absolute atomic E-state index is 0.0546. The van der Waals surface area contributed by atoms with Gasteiger partial charge in [0, 0.05) is 25.6 Å². The minimum atomic E-state index is -0.445. The molecular formula is C24H35N5O3S. The van der Waals surface area contributed by atoms with Crippen molar-refractivity contribution in [2.24, 2.45) is 31.8 Å². The van der Waals surface area contributed by atoms with Crippen LogP contribution in [0.2, 0.25) is 0 Å². The zero-order valence-electron chi connectivity index (χ0n) is 20.6. The van der Waals surface area contributed by atoms with Gasteiger partial charge in [-0.25, -0.2) is 14.8 Å². The summed E-state index contributed by atoms with van der Waals surface area (Å²) in [6, 6.07) is 0.136. The molecule has 2 bridgehead atoms. The summed E-state index contributed by atoms with van der Waals surface area (Å²) in [5, 5.41) is 3.50. The molecule has 2 heterocycles. The van der Waals surface area contributed by atoms with Crippen LogP contribution in [0.4, 0.5) is 0 Å². The minimum Gasteiger partial charge on any atom is -0.352 e. The molecule has 33 heavy (non-hydrogen) atoms. The Hall–Kier alpha value is -2.16. The molecule has 2 aromatic heterocycles. The molecule has 0 saturated heterocycles. The number of hydrogen-bond acceptors (Lipinski definition) is 6. The maximum atomic E-state index is 13.1. The zero-order chi connectivity index (χ0) is 24.2. The monoisotopic (exact) mass is 473 g/mol. The third-order valence-electron chi connectivity index (χ3n) is 7.40. The summed E-state index contributed by atoms with van der Waals surface area (Å²) in [5.41, 5.74) is -0.970. The van der Waals surface area contributed by atoms with Gasteiger partial charge in [-0.2, -0.15) is 0 Å². The van der Waals surface area contributed by atoms with Crippen LogP contribution in [0.3, 0.4) is 0 Å². The summed E-state index contributed by atoms with van der Waals surface area (Å²) in [7, 11) is 3.05. The molecule has 0 radical (unpaired) electrons. The lowest BCUT2D eigenvalue weighted by molar-refractivity contribution is -0.121. The molecule has 0 spiro atoms. The molecule has 4 rings (SSSR count). The van der Waals surface area contributed by atoms with Crippen LogP contribution in [0.5, 0.6) is 0 Å². The SMILES string of the molecule is C[C@H](Sc1nc(C(C)(C)C)nc2c1c(=O)n(C)c(=O)n2C)C(=O)N[C@@H](C)[C@H]1C[C@H]2CC[C@H]1C2. The lowest BCUT2D eigenvalue weighted by Gasteiger charge is -2.29. The smallest absolute Gasteiger partial charge is 0.332 e. The first kappa shape index (κ1) is 24.0. The van der Waals surface area contributed by atoms with E-state index in [1.165, 1.54) is 49.1 Å². The molecule has 9 heteroatoms. The van der Waals surface area contributed by atoms with Crippen molar-refractivity contribution < 1.29 is 4.79 Å². The van der Waals surface area contributed by atoms with E-state index in [0.29, 0.717) is 22.4 Å². The molecule has 0 unspecified atom stereocenters. The largest absolute Gasteiger partial charge is 0.352 e. The highest BCUT2D eigenvalue weighted by Crippen LogP contribution is 2.49. The number of nitrogens with one attached hydrogen (secondary N) is 1. The van der Waals surface area contributed by atoms with Gasteiger partial charge >= 0.3 is 5.69 Å². The fourth-order valence-corrected chi connectivity index (χ4v) is 6.37. The van der Waals surface area contributed by atoms with E-state index in [1.54, 1.807) is 7.05 Å². The van der Waals surface area contributed by atoms with E-state index in [4.69, 9.17) is 4.98 Å². The van der Waals surface area contributed by atoms with Crippen LogP contribution in [-0.4, -0.2) is 36.3 Å². The number of thioether (sulfide) groups is 1. The number of carbonyl (C=O) groups is 1. The molecule has 0 aliphatic heterocycles. The summed E-state index contributed by atoms with van der Waals surface area (Å²) < 4.78 is 2.44. The summed E-state index contributed by atoms with van der Waals surface area (Å²) in [4.78, 5) is 47.9. The molecule has 2 aromatic rings. The third kappa shape index (κ3) is 4.36. The van der Waals surface area contributed by atoms with Crippen LogP contribution >= 0.6 is 11.8 Å². The summed E-state index contributed by atoms with van der Waals surface area (Å²) in [6.07, 6.45) is 5.13. The van der Waals surface area contributed by atoms with Crippen LogP contribution in [-0.2, 0) is 24.3 Å². The molecule has 180 valence electrons. The molecule has 2 fully saturated rings. The number of hydrogen-bond donors (Lipinski definition) is 1. The number of fused-ring (bicyclic) bond motifs is 3. The Morgan fingerprint density at radius 2 is 1.79 bits per heavy atom. The first-order valence-corrected chi connectivity index (χ1v) is 12.7. The molecule has 2 saturated carbocycles. The van der Waals surface area contributed by atoms with Gasteiger partial charge in [0.05, 0.1) is 5.25 Å². The second-order valence-corrected chi connectivity index (χ2v) is 12.2. The van der Waals surface area contributed by atoms with Crippen molar-refractivity contribution in [3.05, 3.63) is 26.7 Å². The molecule has 2 aliphatic rings. The molecule has 0 aromatic carbocycles. The average molecular weight is 474 g/mol. The van der Waals surface area contributed by atoms with E-state index in [1.807, 2.05) is 27.7 Å². The van der Waals surface area contributed by atoms with Gasteiger partial charge in [-0.1, -0.05) is 39.0 Å². The first-order valence-electron chi connectivity index (χ1n) is 11.8. The Morgan fingerprint density at radius 1 is 1.09 bits per heavy atom. The van der Waals surface area contributed by atoms with Gasteiger partial charge in [0.2, 0.25) is 5.91 Å². The van der Waals surface area contributed by atoms with Crippen LogP contribution in [0.15, 0.2) is 14.6 Å². The predicted octanol–water partition coefficient (Wildman–Crippen LogP) is 2.75. The van der Waals surface area contributed by atoms with Gasteiger partial charge in [0.15, 0.2) is 5.65 Å². The summed E-state index contributed by atoms with van der Waals surface area (Å²) in [6.45, 7) is 9.90. The average Bonchev–Trinajstić information content (AvgIpc) is 3.38. The van der Waals surface area contributed by atoms with E-state index in [9.17, 15) is 14.4 Å². The second-order valence-electron chi connectivity index (χ2n) is 10.9. The van der Waals surface area contributed by atoms with Gasteiger partial charge in [-0.3, -0.25) is 18.7 Å². The van der Waals surface area contributed by atoms with E-state index in [0.717, 1.165) is 16.4 Å². The van der Waals surface area contributed by atoms with Crippen molar-refractivity contribution in [3.8, 4) is 0 Å². The van der Waals surface area contributed by atoms with Crippen molar-refractivity contribution in [2.45, 2.75) is 82.0 Å². The molecule has 1 amide bonds. The number of amides is 1. The zero-order valence-corrected chi connectivity index (χ0v) is 21.5. The third-order valence-corrected chi connectivity index (χ3v) is 8.49. The van der Waals surface area contributed by atoms with Gasteiger partial charge in [-0.15, -0.1) is 0 Å². The Balaban J connectivity index is 1.65. The van der Waals surface area contributed by atoms with Crippen LogP contribution in [0.25, 0.3) is 11.0 Å². The van der Waals surface area contributed by atoms with Gasteiger partial charge in [-0.05, 0) is 50.9 Å². The van der Waals surface area contributed by atoms with E-state index in [2.05, 4.69) is 17.2 Å². The second kappa shape index (κ2) is 8.56. The molecule has 8 nitrogen and oxygen atoms in total. The van der Waals surface area contributed by atoms with Gasteiger partial charge in [0.1, 0.15) is 16.2 Å². The van der Waals surface area contributed by atoms with Gasteiger partial charge in [0.25, 0.3) is 5.56 Å². The highest BCUT2D eigenvalue weighted by Gasteiger charge is 2.42. The highest BCUT2D eigenvalue weighted by molar-refractivity contribution is 8.00. The van der Waals surface area contributed by atoms with E-state index >= 15 is 0 Å². The normalized spacial score (nSPS) is 24.3. The lowest BCUT2D eigenvalue weighted by atomic mass is 9.84. The summed E-state index contributed by atoms with van der Waals surface area (Å²) >= 11 is 1.26. The number of aromatic nitrogens is 4. The molecular weight excluding hydrogens is 438 g/mol. The predicted molar refractivity (Wildman–Crippen MR) is 131 cm³/mol. The maximum Gasteiger partial charge on any atom is 0.332 e. The topological polar surface area (TPSA) is 98.9 Å². The van der Waals surface area contributed by atoms with Crippen molar-refractivity contribution in [1.29, 1.82) is 0 Å². The number of rotatable bonds is 5. The van der Waals surface area contributed by atoms with E-state index < -0.39 is 16.5 Å². The highest BCUT2D eigenvalue weighted by atomic mass is 32.2. The van der Waals surface area contributed by atoms with Crippen molar-refractivity contribution in [3.63, 3.8) is 0 Å². The Bertz CT molecular complexity index is 1210. The Kier molecular flexibility index (Phi) is 6.22. The fraction of sp³-hybridized carbons (Fsp3) is 0.708. The molecule has 2 aliphatic carbocycles. The lowest BCUT2D eigenvalue weighted by Crippen LogP contribution is -2.43. The number of aryl methyl sites for hydroxylation is 1. The summed E-state index contributed by atoms with van der Waals surface area (Å²) in [5.74, 6) is 2.60. The fourth-order valence-electron chi connectivity index (χ4n) is 5.43. The number of carbonyl (C=O) groups excluding carboxylic acids is 1. The Labute approximate surface area is 198 Å². The maximum absolute atomic E-state index is 13.1. The number of nitrogens with zero attached hydrogens (tertiary/aromatic N) is 4. The molecule has 5 atom stereocenters. The van der Waals surface area contributed by atoms with Crippen LogP contribution in [0.1, 0.15) is 66.1 Å². The van der Waals surface area contributed by atoms with Crippen molar-refractivity contribution >= 4 is 28.7 Å². The van der Waals surface area contributed by atoms with E-state index in [-0.39, 0.29) is 22.8 Å².